The van der Waals surface area contributed by atoms with E-state index in [0.29, 0.717) is 37.3 Å². The molecule has 1 unspecified atom stereocenters. The average Bonchev–Trinajstić information content (AvgIpc) is 3.31. The zero-order valence-electron chi connectivity index (χ0n) is 20.5. The molecule has 0 aliphatic carbocycles. The number of carbonyl (C=O) groups excluding carboxylic acids is 2. The van der Waals surface area contributed by atoms with E-state index in [1.165, 1.54) is 17.7 Å². The molecule has 3 aromatic rings. The Kier molecular flexibility index (Phi) is 6.36. The Bertz CT molecular complexity index is 1210. The first-order valence-electron chi connectivity index (χ1n) is 12.5. The summed E-state index contributed by atoms with van der Waals surface area (Å²) < 4.78 is 13.6. The summed E-state index contributed by atoms with van der Waals surface area (Å²) in [6.07, 6.45) is 3.37. The number of H-pyrrole nitrogens is 1. The lowest BCUT2D eigenvalue weighted by Crippen LogP contribution is -2.54. The Labute approximate surface area is 205 Å². The molecule has 0 radical (unpaired) electrons. The van der Waals surface area contributed by atoms with Crippen LogP contribution in [0.1, 0.15) is 41.7 Å². The second-order valence-electron chi connectivity index (χ2n) is 10.1. The molecule has 2 aliphatic rings. The molecule has 2 saturated heterocycles. The van der Waals surface area contributed by atoms with Crippen LogP contribution in [0.25, 0.3) is 10.9 Å². The van der Waals surface area contributed by atoms with Crippen molar-refractivity contribution >= 4 is 22.7 Å². The third-order valence-corrected chi connectivity index (χ3v) is 7.94. The quantitative estimate of drug-likeness (QED) is 0.613. The summed E-state index contributed by atoms with van der Waals surface area (Å²) in [5.74, 6) is -0.487. The summed E-state index contributed by atoms with van der Waals surface area (Å²) in [6.45, 7) is 2.48. The van der Waals surface area contributed by atoms with Gasteiger partial charge in [-0.25, -0.2) is 4.39 Å². The molecule has 2 fully saturated rings. The lowest BCUT2D eigenvalue weighted by Gasteiger charge is -2.47. The summed E-state index contributed by atoms with van der Waals surface area (Å²) in [5.41, 5.74) is 2.40. The molecule has 7 heteroatoms. The fourth-order valence-corrected chi connectivity index (χ4v) is 5.85. The Balaban J connectivity index is 1.25. The van der Waals surface area contributed by atoms with Crippen molar-refractivity contribution in [3.8, 4) is 0 Å². The number of rotatable bonds is 4. The van der Waals surface area contributed by atoms with Gasteiger partial charge in [0.05, 0.1) is 5.92 Å². The third-order valence-electron chi connectivity index (χ3n) is 7.94. The van der Waals surface area contributed by atoms with Gasteiger partial charge in [0.1, 0.15) is 11.5 Å². The van der Waals surface area contributed by atoms with Crippen molar-refractivity contribution in [2.75, 3.05) is 40.3 Å². The molecule has 0 bridgehead atoms. The molecule has 2 amide bonds. The van der Waals surface area contributed by atoms with Crippen LogP contribution < -0.4 is 0 Å². The van der Waals surface area contributed by atoms with Gasteiger partial charge < -0.3 is 14.8 Å². The van der Waals surface area contributed by atoms with Gasteiger partial charge in [-0.1, -0.05) is 30.3 Å². The minimum absolute atomic E-state index is 0.0678. The van der Waals surface area contributed by atoms with E-state index < -0.39 is 0 Å². The predicted octanol–water partition coefficient (Wildman–Crippen LogP) is 4.24. The number of piperidine rings is 2. The zero-order chi connectivity index (χ0) is 24.6. The fraction of sp³-hybridized carbons (Fsp3) is 0.429. The smallest absolute Gasteiger partial charge is 0.270 e. The van der Waals surface area contributed by atoms with Crippen molar-refractivity contribution in [2.45, 2.75) is 31.2 Å². The highest BCUT2D eigenvalue weighted by Gasteiger charge is 2.41. The van der Waals surface area contributed by atoms with Gasteiger partial charge in [0.15, 0.2) is 0 Å². The Morgan fingerprint density at radius 2 is 1.74 bits per heavy atom. The number of nitrogens with one attached hydrogen (secondary N) is 1. The van der Waals surface area contributed by atoms with Crippen LogP contribution in [0.2, 0.25) is 0 Å². The molecule has 6 nitrogen and oxygen atoms in total. The van der Waals surface area contributed by atoms with Crippen LogP contribution in [0, 0.1) is 11.7 Å². The summed E-state index contributed by atoms with van der Waals surface area (Å²) in [5, 5.41) is 0.675. The summed E-state index contributed by atoms with van der Waals surface area (Å²) in [7, 11) is 4.24. The first-order valence-corrected chi connectivity index (χ1v) is 12.5. The maximum absolute atomic E-state index is 13.6. The Hall–Kier alpha value is -3.19. The Morgan fingerprint density at radius 3 is 2.46 bits per heavy atom. The number of halogens is 1. The highest BCUT2D eigenvalue weighted by molar-refractivity contribution is 5.98. The molecule has 2 aromatic carbocycles. The third kappa shape index (κ3) is 4.45. The van der Waals surface area contributed by atoms with Gasteiger partial charge in [-0.3, -0.25) is 14.5 Å². The van der Waals surface area contributed by atoms with E-state index in [9.17, 15) is 14.0 Å². The van der Waals surface area contributed by atoms with Gasteiger partial charge in [-0.05, 0) is 69.6 Å². The predicted molar refractivity (Wildman–Crippen MR) is 135 cm³/mol. The number of hydrogen-bond acceptors (Lipinski definition) is 3. The fourth-order valence-electron chi connectivity index (χ4n) is 5.85. The van der Waals surface area contributed by atoms with Crippen molar-refractivity contribution in [1.29, 1.82) is 0 Å². The maximum atomic E-state index is 13.6. The number of fused-ring (bicyclic) bond motifs is 1. The molecule has 5 rings (SSSR count). The lowest BCUT2D eigenvalue weighted by molar-refractivity contribution is -0.139. The van der Waals surface area contributed by atoms with Gasteiger partial charge in [0, 0.05) is 42.6 Å². The highest BCUT2D eigenvalue weighted by Crippen LogP contribution is 2.38. The number of hydrogen-bond donors (Lipinski definition) is 1. The van der Waals surface area contributed by atoms with E-state index >= 15 is 0 Å². The Morgan fingerprint density at radius 1 is 1.00 bits per heavy atom. The number of likely N-dealkylation sites (tertiary alicyclic amines) is 2. The molecule has 1 atom stereocenters. The van der Waals surface area contributed by atoms with E-state index in [2.05, 4.69) is 48.2 Å². The SMILES string of the molecule is CN(C)C1(c2ccccc2)CCN(C(=O)C2CCCN(C(=O)c3cc4cc(F)ccc4[nH]3)C2)CC1. The van der Waals surface area contributed by atoms with Crippen molar-refractivity contribution in [2.24, 2.45) is 5.92 Å². The number of benzene rings is 2. The number of nitrogens with zero attached hydrogens (tertiary/aromatic N) is 3. The van der Waals surface area contributed by atoms with Crippen molar-refractivity contribution in [1.82, 2.24) is 19.7 Å². The van der Waals surface area contributed by atoms with Crippen LogP contribution in [0.3, 0.4) is 0 Å². The molecule has 0 saturated carbocycles. The molecule has 35 heavy (non-hydrogen) atoms. The van der Waals surface area contributed by atoms with Crippen molar-refractivity contribution in [3.63, 3.8) is 0 Å². The standard InChI is InChI=1S/C28H33FN4O2/c1-31(2)28(22-8-4-3-5-9-22)12-15-32(16-13-28)26(34)20-7-6-14-33(19-20)27(35)25-18-21-17-23(29)10-11-24(21)30-25/h3-5,8-11,17-18,20,30H,6-7,12-16,19H2,1-2H3. The van der Waals surface area contributed by atoms with E-state index in [4.69, 9.17) is 0 Å². The zero-order valence-corrected chi connectivity index (χ0v) is 20.5. The number of aromatic nitrogens is 1. The molecule has 2 aliphatic heterocycles. The molecular weight excluding hydrogens is 443 g/mol. The topological polar surface area (TPSA) is 59.6 Å². The molecular formula is C28H33FN4O2. The van der Waals surface area contributed by atoms with Crippen LogP contribution in [0.15, 0.2) is 54.6 Å². The summed E-state index contributed by atoms with van der Waals surface area (Å²) >= 11 is 0. The van der Waals surface area contributed by atoms with Crippen molar-refractivity contribution < 1.29 is 14.0 Å². The van der Waals surface area contributed by atoms with E-state index in [0.717, 1.165) is 31.2 Å². The lowest BCUT2D eigenvalue weighted by atomic mass is 9.79. The molecule has 184 valence electrons. The molecule has 1 N–H and O–H groups in total. The average molecular weight is 477 g/mol. The van der Waals surface area contributed by atoms with Gasteiger partial charge in [-0.2, -0.15) is 0 Å². The van der Waals surface area contributed by atoms with Crippen molar-refractivity contribution in [3.05, 3.63) is 71.7 Å². The second-order valence-corrected chi connectivity index (χ2v) is 10.1. The van der Waals surface area contributed by atoms with E-state index in [-0.39, 0.29) is 29.1 Å². The normalized spacial score (nSPS) is 20.4. The largest absolute Gasteiger partial charge is 0.351 e. The van der Waals surface area contributed by atoms with Gasteiger partial charge >= 0.3 is 0 Å². The van der Waals surface area contributed by atoms with Crippen LogP contribution in [-0.4, -0.2) is 71.8 Å². The first-order chi connectivity index (χ1) is 16.9. The highest BCUT2D eigenvalue weighted by atomic mass is 19.1. The minimum atomic E-state index is -0.328. The molecule has 3 heterocycles. The minimum Gasteiger partial charge on any atom is -0.351 e. The van der Waals surface area contributed by atoms with Gasteiger partial charge in [0.25, 0.3) is 5.91 Å². The van der Waals surface area contributed by atoms with E-state index in [1.807, 2.05) is 11.0 Å². The monoisotopic (exact) mass is 476 g/mol. The van der Waals surface area contributed by atoms with Gasteiger partial charge in [-0.15, -0.1) is 0 Å². The first kappa shape index (κ1) is 23.5. The number of carbonyl (C=O) groups is 2. The number of amides is 2. The van der Waals surface area contributed by atoms with Crippen LogP contribution >= 0.6 is 0 Å². The van der Waals surface area contributed by atoms with Crippen LogP contribution in [0.5, 0.6) is 0 Å². The molecule has 0 spiro atoms. The van der Waals surface area contributed by atoms with Gasteiger partial charge in [0.2, 0.25) is 5.91 Å². The number of aromatic amines is 1. The summed E-state index contributed by atoms with van der Waals surface area (Å²) in [4.78, 5) is 35.8. The summed E-state index contributed by atoms with van der Waals surface area (Å²) in [6, 6.07) is 16.7. The molecule has 1 aromatic heterocycles. The second kappa shape index (κ2) is 9.46. The van der Waals surface area contributed by atoms with E-state index in [1.54, 1.807) is 17.0 Å². The maximum Gasteiger partial charge on any atom is 0.270 e. The van der Waals surface area contributed by atoms with Crippen LogP contribution in [-0.2, 0) is 10.3 Å². The van der Waals surface area contributed by atoms with Crippen LogP contribution in [0.4, 0.5) is 4.39 Å².